The van der Waals surface area contributed by atoms with Gasteiger partial charge in [0.05, 0.1) is 19.3 Å². The molecule has 6 nitrogen and oxygen atoms in total. The van der Waals surface area contributed by atoms with Crippen molar-refractivity contribution in [3.63, 3.8) is 0 Å². The van der Waals surface area contributed by atoms with Gasteiger partial charge in [-0.1, -0.05) is 27.7 Å². The summed E-state index contributed by atoms with van der Waals surface area (Å²) in [5, 5.41) is 2.91. The van der Waals surface area contributed by atoms with Crippen molar-refractivity contribution in [3.05, 3.63) is 0 Å². The Morgan fingerprint density at radius 2 is 1.77 bits per heavy atom. The molecule has 1 fully saturated rings. The third kappa shape index (κ3) is 6.75. The van der Waals surface area contributed by atoms with Gasteiger partial charge in [-0.05, 0) is 25.2 Å². The zero-order valence-electron chi connectivity index (χ0n) is 14.3. The van der Waals surface area contributed by atoms with Crippen LogP contribution in [0.2, 0.25) is 0 Å². The number of ether oxygens (including phenoxy) is 3. The predicted octanol–water partition coefficient (Wildman–Crippen LogP) is 1.52. The Morgan fingerprint density at radius 3 is 2.32 bits per heavy atom. The fourth-order valence-electron chi connectivity index (χ4n) is 2.18. The van der Waals surface area contributed by atoms with E-state index in [9.17, 15) is 9.59 Å². The molecule has 1 saturated heterocycles. The summed E-state index contributed by atoms with van der Waals surface area (Å²) < 4.78 is 15.6. The van der Waals surface area contributed by atoms with E-state index in [0.29, 0.717) is 25.0 Å². The lowest BCUT2D eigenvalue weighted by molar-refractivity contribution is -0.144. The van der Waals surface area contributed by atoms with E-state index >= 15 is 0 Å². The molecule has 1 aliphatic heterocycles. The smallest absolute Gasteiger partial charge is 0.338 e. The van der Waals surface area contributed by atoms with Crippen molar-refractivity contribution in [3.8, 4) is 0 Å². The predicted molar refractivity (Wildman–Crippen MR) is 82.3 cm³/mol. The van der Waals surface area contributed by atoms with Crippen LogP contribution in [0, 0.1) is 11.8 Å². The third-order valence-electron chi connectivity index (χ3n) is 3.14. The second-order valence-electron chi connectivity index (χ2n) is 6.50. The largest absolute Gasteiger partial charge is 0.464 e. The number of nitrogens with one attached hydrogen (secondary N) is 1. The molecule has 0 radical (unpaired) electrons. The number of hydrogen-bond donors (Lipinski definition) is 1. The molecule has 1 aliphatic rings. The maximum Gasteiger partial charge on any atom is 0.338 e. The van der Waals surface area contributed by atoms with Gasteiger partial charge in [0.15, 0.2) is 12.2 Å². The zero-order chi connectivity index (χ0) is 16.7. The van der Waals surface area contributed by atoms with Crippen LogP contribution in [0.5, 0.6) is 0 Å². The fourth-order valence-corrected chi connectivity index (χ4v) is 2.18. The first-order chi connectivity index (χ1) is 10.3. The van der Waals surface area contributed by atoms with E-state index in [0.717, 1.165) is 6.42 Å². The van der Waals surface area contributed by atoms with Crippen LogP contribution in [0.1, 0.15) is 41.0 Å². The molecule has 1 amide bonds. The lowest BCUT2D eigenvalue weighted by atomic mass is 10.0. The maximum absolute atomic E-state index is 12.1. The van der Waals surface area contributed by atoms with Crippen LogP contribution < -0.4 is 5.32 Å². The summed E-state index contributed by atoms with van der Waals surface area (Å²) in [6.45, 7) is 11.5. The third-order valence-corrected chi connectivity index (χ3v) is 3.14. The minimum atomic E-state index is -0.753. The first kappa shape index (κ1) is 18.9. The van der Waals surface area contributed by atoms with Crippen molar-refractivity contribution in [1.82, 2.24) is 5.32 Å². The van der Waals surface area contributed by atoms with Crippen molar-refractivity contribution in [2.75, 3.05) is 19.8 Å². The lowest BCUT2D eigenvalue weighted by Gasteiger charge is -2.21. The summed E-state index contributed by atoms with van der Waals surface area (Å²) in [5.74, 6) is 0.153. The van der Waals surface area contributed by atoms with Gasteiger partial charge in [0.2, 0.25) is 0 Å². The molecule has 0 aromatic rings. The number of rotatable bonds is 10. The number of esters is 1. The van der Waals surface area contributed by atoms with Gasteiger partial charge in [-0.3, -0.25) is 4.79 Å². The van der Waals surface area contributed by atoms with Crippen molar-refractivity contribution in [2.45, 2.75) is 59.3 Å². The number of carbonyl (C=O) groups is 2. The molecule has 22 heavy (non-hydrogen) atoms. The summed E-state index contributed by atoms with van der Waals surface area (Å²) in [4.78, 5) is 23.6. The Kier molecular flexibility index (Phi) is 7.82. The number of carbonyl (C=O) groups excluding carboxylic acids is 2. The van der Waals surface area contributed by atoms with Gasteiger partial charge in [-0.15, -0.1) is 0 Å². The van der Waals surface area contributed by atoms with Gasteiger partial charge in [0.1, 0.15) is 0 Å². The van der Waals surface area contributed by atoms with Gasteiger partial charge in [0.25, 0.3) is 5.91 Å². The minimum absolute atomic E-state index is 0.0710. The summed E-state index contributed by atoms with van der Waals surface area (Å²) in [6.07, 6.45) is -0.657. The van der Waals surface area contributed by atoms with E-state index in [1.54, 1.807) is 6.92 Å². The summed E-state index contributed by atoms with van der Waals surface area (Å²) in [5.41, 5.74) is 0. The lowest BCUT2D eigenvalue weighted by Crippen LogP contribution is -2.42. The Morgan fingerprint density at radius 1 is 1.09 bits per heavy atom. The van der Waals surface area contributed by atoms with E-state index in [1.165, 1.54) is 0 Å². The first-order valence-corrected chi connectivity index (χ1v) is 8.05. The second-order valence-corrected chi connectivity index (χ2v) is 6.50. The minimum Gasteiger partial charge on any atom is -0.464 e. The number of hydrogen-bond acceptors (Lipinski definition) is 5. The Hall–Kier alpha value is -1.14. The molecule has 1 N–H and O–H groups in total. The Bertz CT molecular complexity index is 370. The molecule has 0 aliphatic carbocycles. The molecule has 0 aromatic carbocycles. The number of amides is 1. The van der Waals surface area contributed by atoms with Crippen molar-refractivity contribution in [1.29, 1.82) is 0 Å². The van der Waals surface area contributed by atoms with Gasteiger partial charge < -0.3 is 19.5 Å². The molecular weight excluding hydrogens is 286 g/mol. The van der Waals surface area contributed by atoms with Crippen LogP contribution in [0.3, 0.4) is 0 Å². The average Bonchev–Trinajstić information content (AvgIpc) is 3.17. The molecule has 3 atom stereocenters. The van der Waals surface area contributed by atoms with Crippen LogP contribution in [0.15, 0.2) is 0 Å². The highest BCUT2D eigenvalue weighted by Crippen LogP contribution is 2.24. The molecule has 0 saturated carbocycles. The van der Waals surface area contributed by atoms with Crippen LogP contribution in [-0.2, 0) is 23.8 Å². The molecular formula is C16H29NO5. The van der Waals surface area contributed by atoms with Gasteiger partial charge in [0, 0.05) is 6.61 Å². The Balaban J connectivity index is 2.41. The molecule has 0 aromatic heterocycles. The normalized spacial score (nSPS) is 21.8. The fraction of sp³-hybridized carbons (Fsp3) is 0.875. The highest BCUT2D eigenvalue weighted by Gasteiger charge is 2.51. The molecule has 0 bridgehead atoms. The molecule has 0 unspecified atom stereocenters. The van der Waals surface area contributed by atoms with E-state index < -0.39 is 18.2 Å². The zero-order valence-corrected chi connectivity index (χ0v) is 14.3. The van der Waals surface area contributed by atoms with Crippen molar-refractivity contribution >= 4 is 11.9 Å². The summed E-state index contributed by atoms with van der Waals surface area (Å²) >= 11 is 0. The maximum atomic E-state index is 12.1. The van der Waals surface area contributed by atoms with E-state index in [-0.39, 0.29) is 18.6 Å². The topological polar surface area (TPSA) is 77.2 Å². The van der Waals surface area contributed by atoms with E-state index in [2.05, 4.69) is 33.0 Å². The highest BCUT2D eigenvalue weighted by molar-refractivity contribution is 5.92. The van der Waals surface area contributed by atoms with Crippen LogP contribution in [-0.4, -0.2) is 49.9 Å². The molecule has 128 valence electrons. The van der Waals surface area contributed by atoms with Gasteiger partial charge in [-0.2, -0.15) is 0 Å². The van der Waals surface area contributed by atoms with Gasteiger partial charge in [-0.25, -0.2) is 4.79 Å². The second kappa shape index (κ2) is 9.10. The van der Waals surface area contributed by atoms with E-state index in [4.69, 9.17) is 14.2 Å². The quantitative estimate of drug-likeness (QED) is 0.488. The standard InChI is InChI=1S/C16H29NO5/c1-6-21-16(19)14-13(22-14)15(18)17-12(7-10(2)3)9-20-8-11(4)5/h10-14H,6-9H2,1-5H3,(H,17,18)/t12-,13+,14+/m1/s1. The van der Waals surface area contributed by atoms with Crippen molar-refractivity contribution < 1.29 is 23.8 Å². The van der Waals surface area contributed by atoms with Crippen LogP contribution in [0.25, 0.3) is 0 Å². The Labute approximate surface area is 132 Å². The molecule has 1 rings (SSSR count). The SMILES string of the molecule is CCOC(=O)[C@H]1O[C@@H]1C(=O)N[C@@H](COCC(C)C)CC(C)C. The monoisotopic (exact) mass is 315 g/mol. The van der Waals surface area contributed by atoms with E-state index in [1.807, 2.05) is 0 Å². The molecule has 0 spiro atoms. The number of epoxide rings is 1. The average molecular weight is 315 g/mol. The van der Waals surface area contributed by atoms with Gasteiger partial charge >= 0.3 is 5.97 Å². The summed E-state index contributed by atoms with van der Waals surface area (Å²) in [7, 11) is 0. The van der Waals surface area contributed by atoms with Crippen LogP contribution >= 0.6 is 0 Å². The molecule has 1 heterocycles. The summed E-state index contributed by atoms with van der Waals surface area (Å²) in [6, 6.07) is -0.0710. The highest BCUT2D eigenvalue weighted by atomic mass is 16.6. The molecule has 6 heteroatoms. The van der Waals surface area contributed by atoms with Crippen molar-refractivity contribution in [2.24, 2.45) is 11.8 Å². The first-order valence-electron chi connectivity index (χ1n) is 8.05. The van der Waals surface area contributed by atoms with Crippen LogP contribution in [0.4, 0.5) is 0 Å².